The van der Waals surface area contributed by atoms with E-state index in [2.05, 4.69) is 96.4 Å². The van der Waals surface area contributed by atoms with Crippen molar-refractivity contribution in [3.63, 3.8) is 0 Å². The molecule has 0 unspecified atom stereocenters. The minimum absolute atomic E-state index is 0.753. The Hall–Kier alpha value is -4.23. The number of nitrogens with zero attached hydrogens (tertiary/aromatic N) is 3. The van der Waals surface area contributed by atoms with Crippen molar-refractivity contribution in [3.8, 4) is 34.1 Å². The summed E-state index contributed by atoms with van der Waals surface area (Å²) in [6.07, 6.45) is 0. The zero-order valence-electron chi connectivity index (χ0n) is 21.2. The lowest BCUT2D eigenvalue weighted by Gasteiger charge is -2.39. The molecule has 0 saturated carbocycles. The number of piperazine rings is 1. The third kappa shape index (κ3) is 4.29. The highest BCUT2D eigenvalue weighted by molar-refractivity contribution is 5.91. The van der Waals surface area contributed by atoms with Gasteiger partial charge in [-0.3, -0.25) is 0 Å². The van der Waals surface area contributed by atoms with E-state index in [0.29, 0.717) is 0 Å². The van der Waals surface area contributed by atoms with Gasteiger partial charge in [0.1, 0.15) is 11.8 Å². The molecule has 1 saturated heterocycles. The van der Waals surface area contributed by atoms with Crippen LogP contribution >= 0.6 is 0 Å². The zero-order valence-corrected chi connectivity index (χ0v) is 21.2. The van der Waals surface area contributed by atoms with Crippen molar-refractivity contribution in [2.24, 2.45) is 0 Å². The van der Waals surface area contributed by atoms with Crippen molar-refractivity contribution >= 4 is 11.4 Å². The minimum atomic E-state index is 0.753. The average molecular weight is 474 g/mol. The van der Waals surface area contributed by atoms with Gasteiger partial charge in [0.05, 0.1) is 18.4 Å². The third-order valence-corrected chi connectivity index (χ3v) is 7.24. The minimum Gasteiger partial charge on any atom is -0.497 e. The molecule has 0 radical (unpaired) electrons. The van der Waals surface area contributed by atoms with E-state index < -0.39 is 0 Å². The first-order valence-electron chi connectivity index (χ1n) is 12.4. The van der Waals surface area contributed by atoms with Gasteiger partial charge in [-0.05, 0) is 65.9 Å². The fourth-order valence-corrected chi connectivity index (χ4v) is 5.51. The number of rotatable bonds is 5. The van der Waals surface area contributed by atoms with Gasteiger partial charge in [-0.1, -0.05) is 60.7 Å². The standard InChI is InChI=1S/C32H31N3O/c1-23-30(25-10-6-4-7-11-25)24(2)32(29(22-33)31(23)26-14-16-28(36-3)17-15-26)35-20-18-34(19-21-35)27-12-8-5-9-13-27/h4-17H,18-21H2,1-3H3. The highest BCUT2D eigenvalue weighted by Gasteiger charge is 2.27. The first-order chi connectivity index (χ1) is 17.6. The average Bonchev–Trinajstić information content (AvgIpc) is 2.94. The van der Waals surface area contributed by atoms with Crippen molar-refractivity contribution in [2.45, 2.75) is 13.8 Å². The fraction of sp³-hybridized carbons (Fsp3) is 0.219. The molecule has 1 aliphatic rings. The third-order valence-electron chi connectivity index (χ3n) is 7.24. The van der Waals surface area contributed by atoms with Gasteiger partial charge in [-0.15, -0.1) is 0 Å². The van der Waals surface area contributed by atoms with Crippen LogP contribution in [-0.2, 0) is 0 Å². The number of para-hydroxylation sites is 1. The summed E-state index contributed by atoms with van der Waals surface area (Å²) in [5.41, 5.74) is 9.78. The van der Waals surface area contributed by atoms with Gasteiger partial charge in [0, 0.05) is 37.4 Å². The van der Waals surface area contributed by atoms with Crippen molar-refractivity contribution in [1.82, 2.24) is 0 Å². The number of hydrogen-bond acceptors (Lipinski definition) is 4. The van der Waals surface area contributed by atoms with Gasteiger partial charge in [-0.25, -0.2) is 0 Å². The van der Waals surface area contributed by atoms with Gasteiger partial charge in [-0.2, -0.15) is 5.26 Å². The van der Waals surface area contributed by atoms with Crippen LogP contribution in [0.15, 0.2) is 84.9 Å². The van der Waals surface area contributed by atoms with E-state index in [-0.39, 0.29) is 0 Å². The topological polar surface area (TPSA) is 39.5 Å². The largest absolute Gasteiger partial charge is 0.497 e. The summed E-state index contributed by atoms with van der Waals surface area (Å²) in [6, 6.07) is 31.8. The van der Waals surface area contributed by atoms with Crippen molar-refractivity contribution in [1.29, 1.82) is 5.26 Å². The lowest BCUT2D eigenvalue weighted by atomic mass is 9.84. The predicted molar refractivity (Wildman–Crippen MR) is 149 cm³/mol. The summed E-state index contributed by atoms with van der Waals surface area (Å²) in [7, 11) is 1.67. The van der Waals surface area contributed by atoms with Crippen LogP contribution in [-0.4, -0.2) is 33.3 Å². The van der Waals surface area contributed by atoms with Crippen molar-refractivity contribution in [2.75, 3.05) is 43.1 Å². The van der Waals surface area contributed by atoms with E-state index >= 15 is 0 Å². The van der Waals surface area contributed by atoms with Crippen LogP contribution in [0.1, 0.15) is 16.7 Å². The van der Waals surface area contributed by atoms with Crippen LogP contribution < -0.4 is 14.5 Å². The first-order valence-corrected chi connectivity index (χ1v) is 12.4. The molecule has 0 bridgehead atoms. The molecule has 0 amide bonds. The zero-order chi connectivity index (χ0) is 25.1. The molecular formula is C32H31N3O. The number of benzene rings is 4. The summed E-state index contributed by atoms with van der Waals surface area (Å²) in [5.74, 6) is 0.808. The van der Waals surface area contributed by atoms with Crippen LogP contribution in [0.4, 0.5) is 11.4 Å². The molecule has 1 heterocycles. The molecule has 4 aromatic rings. The van der Waals surface area contributed by atoms with Gasteiger partial charge >= 0.3 is 0 Å². The lowest BCUT2D eigenvalue weighted by molar-refractivity contribution is 0.415. The Morgan fingerprint density at radius 3 is 1.81 bits per heavy atom. The van der Waals surface area contributed by atoms with E-state index in [1.165, 1.54) is 22.4 Å². The van der Waals surface area contributed by atoms with Gasteiger partial charge < -0.3 is 14.5 Å². The Kier molecular flexibility index (Phi) is 6.64. The quantitative estimate of drug-likeness (QED) is 0.318. The molecule has 0 aliphatic carbocycles. The molecule has 5 rings (SSSR count). The summed E-state index contributed by atoms with van der Waals surface area (Å²) in [5, 5.41) is 10.5. The van der Waals surface area contributed by atoms with Crippen LogP contribution in [0.25, 0.3) is 22.3 Å². The molecule has 4 heteroatoms. The van der Waals surface area contributed by atoms with E-state index in [9.17, 15) is 5.26 Å². The molecule has 0 aromatic heterocycles. The van der Waals surface area contributed by atoms with E-state index in [4.69, 9.17) is 4.74 Å². The van der Waals surface area contributed by atoms with Gasteiger partial charge in [0.15, 0.2) is 0 Å². The van der Waals surface area contributed by atoms with E-state index in [1.807, 2.05) is 18.2 Å². The van der Waals surface area contributed by atoms with E-state index in [0.717, 1.165) is 59.9 Å². The van der Waals surface area contributed by atoms with Crippen LogP contribution in [0.2, 0.25) is 0 Å². The molecule has 4 nitrogen and oxygen atoms in total. The van der Waals surface area contributed by atoms with Crippen molar-refractivity contribution < 1.29 is 4.74 Å². The molecule has 36 heavy (non-hydrogen) atoms. The summed E-state index contributed by atoms with van der Waals surface area (Å²) in [6.45, 7) is 7.88. The maximum Gasteiger partial charge on any atom is 0.118 e. The number of methoxy groups -OCH3 is 1. The highest BCUT2D eigenvalue weighted by Crippen LogP contribution is 2.44. The second-order valence-corrected chi connectivity index (χ2v) is 9.24. The molecule has 4 aromatic carbocycles. The summed E-state index contributed by atoms with van der Waals surface area (Å²) in [4.78, 5) is 4.83. The Morgan fingerprint density at radius 2 is 1.22 bits per heavy atom. The predicted octanol–water partition coefficient (Wildman–Crippen LogP) is 6.84. The Morgan fingerprint density at radius 1 is 0.667 bits per heavy atom. The number of anilines is 2. The second kappa shape index (κ2) is 10.2. The number of ether oxygens (including phenoxy) is 1. The first kappa shape index (κ1) is 23.5. The Balaban J connectivity index is 1.64. The van der Waals surface area contributed by atoms with Crippen LogP contribution in [0.3, 0.4) is 0 Å². The maximum atomic E-state index is 10.5. The SMILES string of the molecule is COc1ccc(-c2c(C)c(-c3ccccc3)c(C)c(N3CCN(c4ccccc4)CC3)c2C#N)cc1. The highest BCUT2D eigenvalue weighted by atomic mass is 16.5. The molecule has 1 aliphatic heterocycles. The number of nitriles is 1. The molecule has 0 N–H and O–H groups in total. The smallest absolute Gasteiger partial charge is 0.118 e. The summed E-state index contributed by atoms with van der Waals surface area (Å²) < 4.78 is 5.39. The maximum absolute atomic E-state index is 10.5. The fourth-order valence-electron chi connectivity index (χ4n) is 5.51. The molecule has 0 atom stereocenters. The van der Waals surface area contributed by atoms with Crippen molar-refractivity contribution in [3.05, 3.63) is 102 Å². The Bertz CT molecular complexity index is 1380. The molecular weight excluding hydrogens is 442 g/mol. The van der Waals surface area contributed by atoms with E-state index in [1.54, 1.807) is 7.11 Å². The number of hydrogen-bond donors (Lipinski definition) is 0. The van der Waals surface area contributed by atoms with Crippen LogP contribution in [0, 0.1) is 25.2 Å². The molecule has 1 fully saturated rings. The normalized spacial score (nSPS) is 13.4. The molecule has 0 spiro atoms. The van der Waals surface area contributed by atoms with Gasteiger partial charge in [0.2, 0.25) is 0 Å². The second-order valence-electron chi connectivity index (χ2n) is 9.24. The Labute approximate surface area is 214 Å². The monoisotopic (exact) mass is 473 g/mol. The summed E-state index contributed by atoms with van der Waals surface area (Å²) >= 11 is 0. The molecule has 180 valence electrons. The van der Waals surface area contributed by atoms with Crippen LogP contribution in [0.5, 0.6) is 5.75 Å². The lowest BCUT2D eigenvalue weighted by Crippen LogP contribution is -2.47. The van der Waals surface area contributed by atoms with Gasteiger partial charge in [0.25, 0.3) is 0 Å².